The molecule has 0 atom stereocenters. The fourth-order valence-electron chi connectivity index (χ4n) is 1.12. The van der Waals surface area contributed by atoms with Crippen molar-refractivity contribution in [1.29, 1.82) is 0 Å². The zero-order valence-corrected chi connectivity index (χ0v) is 9.07. The van der Waals surface area contributed by atoms with Gasteiger partial charge in [-0.1, -0.05) is 0 Å². The first-order valence-electron chi connectivity index (χ1n) is 4.60. The Morgan fingerprint density at radius 3 is 2.53 bits per heavy atom. The molecule has 0 aliphatic rings. The van der Waals surface area contributed by atoms with Crippen LogP contribution < -0.4 is 21.9 Å². The van der Waals surface area contributed by atoms with Crippen LogP contribution in [-0.4, -0.2) is 34.5 Å². The van der Waals surface area contributed by atoms with Crippen LogP contribution in [0, 0.1) is 0 Å². The van der Waals surface area contributed by atoms with Crippen molar-refractivity contribution in [1.82, 2.24) is 19.7 Å². The summed E-state index contributed by atoms with van der Waals surface area (Å²) >= 11 is 0. The molecule has 1 rings (SSSR count). The lowest BCUT2D eigenvalue weighted by molar-refractivity contribution is 0.603. The number of anilines is 1. The van der Waals surface area contributed by atoms with Gasteiger partial charge < -0.3 is 10.6 Å². The molecule has 0 saturated heterocycles. The molecule has 1 aromatic heterocycles. The van der Waals surface area contributed by atoms with Crippen molar-refractivity contribution in [2.24, 2.45) is 14.1 Å². The van der Waals surface area contributed by atoms with Gasteiger partial charge in [-0.25, -0.2) is 9.48 Å². The number of nitrogens with one attached hydrogen (secondary N) is 2. The van der Waals surface area contributed by atoms with Crippen LogP contribution in [0.4, 0.5) is 5.82 Å². The molecule has 0 fully saturated rings. The van der Waals surface area contributed by atoms with E-state index in [2.05, 4.69) is 15.7 Å². The molecule has 0 amide bonds. The molecule has 0 radical (unpaired) electrons. The number of likely N-dealkylation sites (N-methyl/N-ethyl adjacent to an activating group) is 1. The van der Waals surface area contributed by atoms with E-state index in [1.165, 1.54) is 14.1 Å². The molecule has 0 aromatic carbocycles. The van der Waals surface area contributed by atoms with Crippen molar-refractivity contribution >= 4 is 5.82 Å². The summed E-state index contributed by atoms with van der Waals surface area (Å²) in [6.45, 7) is 1.30. The van der Waals surface area contributed by atoms with E-state index in [0.717, 1.165) is 9.25 Å². The Morgan fingerprint density at radius 1 is 1.27 bits per heavy atom. The van der Waals surface area contributed by atoms with Gasteiger partial charge in [-0.2, -0.15) is 0 Å². The van der Waals surface area contributed by atoms with Gasteiger partial charge in [0, 0.05) is 27.2 Å². The SMILES string of the molecule is CNCCNc1nn(C)c(=O)n(C)c1=O. The third kappa shape index (κ3) is 2.44. The first-order chi connectivity index (χ1) is 7.07. The number of hydrogen-bond donors (Lipinski definition) is 2. The van der Waals surface area contributed by atoms with E-state index in [1.807, 2.05) is 7.05 Å². The Bertz CT molecular complexity index is 447. The number of nitrogens with zero attached hydrogens (tertiary/aromatic N) is 3. The van der Waals surface area contributed by atoms with Crippen LogP contribution in [0.2, 0.25) is 0 Å². The molecule has 7 heteroatoms. The number of aryl methyl sites for hydroxylation is 1. The van der Waals surface area contributed by atoms with Gasteiger partial charge in [0.15, 0.2) is 0 Å². The van der Waals surface area contributed by atoms with E-state index in [1.54, 1.807) is 0 Å². The molecule has 0 spiro atoms. The maximum Gasteiger partial charge on any atom is 0.346 e. The van der Waals surface area contributed by atoms with Gasteiger partial charge >= 0.3 is 5.69 Å². The molecular formula is C8H15N5O2. The molecular weight excluding hydrogens is 198 g/mol. The number of rotatable bonds is 4. The van der Waals surface area contributed by atoms with E-state index in [4.69, 9.17) is 0 Å². The summed E-state index contributed by atoms with van der Waals surface area (Å²) in [5.74, 6) is 0.190. The summed E-state index contributed by atoms with van der Waals surface area (Å²) in [6, 6.07) is 0. The van der Waals surface area contributed by atoms with Crippen molar-refractivity contribution in [3.63, 3.8) is 0 Å². The molecule has 1 aromatic rings. The maximum absolute atomic E-state index is 11.5. The minimum Gasteiger partial charge on any atom is -0.363 e. The lowest BCUT2D eigenvalue weighted by Gasteiger charge is -2.07. The van der Waals surface area contributed by atoms with Gasteiger partial charge in [0.2, 0.25) is 5.82 Å². The summed E-state index contributed by atoms with van der Waals surface area (Å²) in [5, 5.41) is 9.62. The second kappa shape index (κ2) is 4.74. The highest BCUT2D eigenvalue weighted by molar-refractivity contribution is 5.29. The lowest BCUT2D eigenvalue weighted by Crippen LogP contribution is -2.40. The Morgan fingerprint density at radius 2 is 1.93 bits per heavy atom. The van der Waals surface area contributed by atoms with Gasteiger partial charge in [0.05, 0.1) is 0 Å². The van der Waals surface area contributed by atoms with Crippen LogP contribution in [0.15, 0.2) is 9.59 Å². The van der Waals surface area contributed by atoms with Gasteiger partial charge in [0.1, 0.15) is 0 Å². The molecule has 0 unspecified atom stereocenters. The molecule has 84 valence electrons. The summed E-state index contributed by atoms with van der Waals surface area (Å²) in [4.78, 5) is 22.8. The van der Waals surface area contributed by atoms with E-state index in [0.29, 0.717) is 13.1 Å². The smallest absolute Gasteiger partial charge is 0.346 e. The number of hydrogen-bond acceptors (Lipinski definition) is 5. The average Bonchev–Trinajstić information content (AvgIpc) is 2.23. The summed E-state index contributed by atoms with van der Waals surface area (Å²) in [5.41, 5.74) is -0.839. The Hall–Kier alpha value is -1.63. The predicted octanol–water partition coefficient (Wildman–Crippen LogP) is -1.89. The van der Waals surface area contributed by atoms with E-state index < -0.39 is 11.2 Å². The molecule has 15 heavy (non-hydrogen) atoms. The number of aromatic nitrogens is 3. The molecule has 2 N–H and O–H groups in total. The maximum atomic E-state index is 11.5. The van der Waals surface area contributed by atoms with Crippen LogP contribution in [0.3, 0.4) is 0 Å². The molecule has 0 bridgehead atoms. The van der Waals surface area contributed by atoms with Crippen molar-refractivity contribution in [2.45, 2.75) is 0 Å². The fraction of sp³-hybridized carbons (Fsp3) is 0.625. The Labute approximate surface area is 86.7 Å². The van der Waals surface area contributed by atoms with Crippen molar-refractivity contribution in [3.8, 4) is 0 Å². The standard InChI is InChI=1S/C8H15N5O2/c1-9-4-5-10-6-7(14)12(2)8(15)13(3)11-6/h9H,4-5H2,1-3H3,(H,10,11). The van der Waals surface area contributed by atoms with Gasteiger partial charge in [-0.15, -0.1) is 5.10 Å². The van der Waals surface area contributed by atoms with Crippen LogP contribution in [0.25, 0.3) is 0 Å². The lowest BCUT2D eigenvalue weighted by atomic mass is 10.5. The van der Waals surface area contributed by atoms with Crippen molar-refractivity contribution in [2.75, 3.05) is 25.5 Å². The third-order valence-corrected chi connectivity index (χ3v) is 1.99. The van der Waals surface area contributed by atoms with Crippen LogP contribution in [0.5, 0.6) is 0 Å². The Balaban J connectivity index is 3.00. The molecule has 7 nitrogen and oxygen atoms in total. The summed E-state index contributed by atoms with van der Waals surface area (Å²) < 4.78 is 2.15. The minimum atomic E-state index is -0.431. The zero-order chi connectivity index (χ0) is 11.4. The van der Waals surface area contributed by atoms with Crippen LogP contribution in [-0.2, 0) is 14.1 Å². The highest BCUT2D eigenvalue weighted by atomic mass is 16.2. The highest BCUT2D eigenvalue weighted by Gasteiger charge is 2.06. The normalized spacial score (nSPS) is 10.3. The molecule has 0 saturated carbocycles. The molecule has 0 aliphatic carbocycles. The molecule has 1 heterocycles. The topological polar surface area (TPSA) is 81.0 Å². The van der Waals surface area contributed by atoms with Crippen molar-refractivity contribution < 1.29 is 0 Å². The second-order valence-corrected chi connectivity index (χ2v) is 3.15. The first kappa shape index (κ1) is 11.4. The average molecular weight is 213 g/mol. The van der Waals surface area contributed by atoms with Gasteiger partial charge in [-0.3, -0.25) is 9.36 Å². The zero-order valence-electron chi connectivity index (χ0n) is 9.07. The highest BCUT2D eigenvalue weighted by Crippen LogP contribution is 1.86. The van der Waals surface area contributed by atoms with Gasteiger partial charge in [-0.05, 0) is 7.05 Å². The summed E-state index contributed by atoms with van der Waals surface area (Å²) in [7, 11) is 4.74. The monoisotopic (exact) mass is 213 g/mol. The van der Waals surface area contributed by atoms with Crippen molar-refractivity contribution in [3.05, 3.63) is 20.8 Å². The molecule has 0 aliphatic heterocycles. The second-order valence-electron chi connectivity index (χ2n) is 3.15. The first-order valence-corrected chi connectivity index (χ1v) is 4.60. The Kier molecular flexibility index (Phi) is 3.62. The quantitative estimate of drug-likeness (QED) is 0.572. The van der Waals surface area contributed by atoms with E-state index in [-0.39, 0.29) is 5.82 Å². The third-order valence-electron chi connectivity index (χ3n) is 1.99. The predicted molar refractivity (Wildman–Crippen MR) is 57.1 cm³/mol. The van der Waals surface area contributed by atoms with E-state index >= 15 is 0 Å². The minimum absolute atomic E-state index is 0.190. The van der Waals surface area contributed by atoms with E-state index in [9.17, 15) is 9.59 Å². The fourth-order valence-corrected chi connectivity index (χ4v) is 1.12. The van der Waals surface area contributed by atoms with Crippen LogP contribution >= 0.6 is 0 Å². The summed E-state index contributed by atoms with van der Waals surface area (Å²) in [6.07, 6.45) is 0. The largest absolute Gasteiger partial charge is 0.363 e. The van der Waals surface area contributed by atoms with Crippen LogP contribution in [0.1, 0.15) is 0 Å². The van der Waals surface area contributed by atoms with Gasteiger partial charge in [0.25, 0.3) is 5.56 Å².